The van der Waals surface area contributed by atoms with Gasteiger partial charge in [0.1, 0.15) is 0 Å². The van der Waals surface area contributed by atoms with Crippen LogP contribution in [0.25, 0.3) is 0 Å². The quantitative estimate of drug-likeness (QED) is 0.835. The summed E-state index contributed by atoms with van der Waals surface area (Å²) in [4.78, 5) is 28.1. The van der Waals surface area contributed by atoms with E-state index in [1.54, 1.807) is 24.3 Å². The number of fused-ring (bicyclic) bond motifs is 1. The fourth-order valence-electron chi connectivity index (χ4n) is 3.35. The fraction of sp³-hybridized carbons (Fsp3) is 0.529. The maximum atomic E-state index is 12.2. The number of hydrogen-bond donors (Lipinski definition) is 1. The molecule has 0 spiro atoms. The molecule has 1 N–H and O–H groups in total. The summed E-state index contributed by atoms with van der Waals surface area (Å²) in [6, 6.07) is 6.99. The highest BCUT2D eigenvalue weighted by molar-refractivity contribution is 6.21. The maximum Gasteiger partial charge on any atom is 0.261 e. The average Bonchev–Trinajstić information content (AvgIpc) is 3.07. The molecular weight excluding hydrogens is 280 g/mol. The number of carbonyl (C=O) groups excluding carboxylic acids is 2. The molecule has 1 aromatic rings. The minimum absolute atomic E-state index is 0.177. The lowest BCUT2D eigenvalue weighted by Gasteiger charge is -2.19. The van der Waals surface area contributed by atoms with Gasteiger partial charge in [-0.2, -0.15) is 0 Å². The molecule has 2 aliphatic heterocycles. The summed E-state index contributed by atoms with van der Waals surface area (Å²) in [6.45, 7) is 5.04. The summed E-state index contributed by atoms with van der Waals surface area (Å²) in [7, 11) is 0. The number of aliphatic hydroxyl groups excluding tert-OH is 1. The van der Waals surface area contributed by atoms with Gasteiger partial charge < -0.3 is 10.0 Å². The topological polar surface area (TPSA) is 60.9 Å². The van der Waals surface area contributed by atoms with Gasteiger partial charge in [-0.1, -0.05) is 12.1 Å². The molecule has 1 fully saturated rings. The Morgan fingerprint density at radius 3 is 2.36 bits per heavy atom. The van der Waals surface area contributed by atoms with Crippen molar-refractivity contribution in [2.45, 2.75) is 25.9 Å². The van der Waals surface area contributed by atoms with Gasteiger partial charge in [0.15, 0.2) is 0 Å². The molecule has 0 aromatic heterocycles. The molecule has 2 heterocycles. The minimum Gasteiger partial charge on any atom is -0.393 e. The third-order valence-electron chi connectivity index (χ3n) is 4.73. The minimum atomic E-state index is -0.263. The van der Waals surface area contributed by atoms with Crippen LogP contribution in [0.2, 0.25) is 0 Å². The lowest BCUT2D eigenvalue weighted by atomic mass is 10.0. The molecule has 2 aliphatic rings. The number of benzene rings is 1. The van der Waals surface area contributed by atoms with Crippen molar-refractivity contribution in [1.82, 2.24) is 9.80 Å². The molecule has 5 heteroatoms. The second-order valence-electron chi connectivity index (χ2n) is 6.25. The lowest BCUT2D eigenvalue weighted by Crippen LogP contribution is -2.33. The molecule has 22 heavy (non-hydrogen) atoms. The first-order chi connectivity index (χ1) is 10.6. The van der Waals surface area contributed by atoms with Gasteiger partial charge in [0.05, 0.1) is 17.2 Å². The Kier molecular flexibility index (Phi) is 4.27. The summed E-state index contributed by atoms with van der Waals surface area (Å²) in [5.74, 6) is -0.00735. The smallest absolute Gasteiger partial charge is 0.261 e. The number of hydrogen-bond acceptors (Lipinski definition) is 4. The van der Waals surface area contributed by atoms with Gasteiger partial charge in [-0.05, 0) is 50.9 Å². The van der Waals surface area contributed by atoms with Gasteiger partial charge >= 0.3 is 0 Å². The highest BCUT2D eigenvalue weighted by Crippen LogP contribution is 2.23. The Hall–Kier alpha value is -1.72. The zero-order valence-corrected chi connectivity index (χ0v) is 12.9. The number of aliphatic hydroxyl groups is 1. The number of imide groups is 1. The van der Waals surface area contributed by atoms with Crippen molar-refractivity contribution < 1.29 is 14.7 Å². The number of nitrogens with zero attached hydrogens (tertiary/aromatic N) is 2. The van der Waals surface area contributed by atoms with E-state index in [2.05, 4.69) is 4.90 Å². The largest absolute Gasteiger partial charge is 0.393 e. The van der Waals surface area contributed by atoms with Crippen molar-refractivity contribution >= 4 is 11.8 Å². The fourth-order valence-corrected chi connectivity index (χ4v) is 3.35. The van der Waals surface area contributed by atoms with Crippen molar-refractivity contribution in [2.75, 3.05) is 26.2 Å². The van der Waals surface area contributed by atoms with Crippen LogP contribution in [0.4, 0.5) is 0 Å². The van der Waals surface area contributed by atoms with Crippen LogP contribution >= 0.6 is 0 Å². The third-order valence-corrected chi connectivity index (χ3v) is 4.73. The highest BCUT2D eigenvalue weighted by Gasteiger charge is 2.34. The monoisotopic (exact) mass is 302 g/mol. The molecule has 0 radical (unpaired) electrons. The van der Waals surface area contributed by atoms with Crippen molar-refractivity contribution in [2.24, 2.45) is 5.92 Å². The second kappa shape index (κ2) is 6.18. The SMILES string of the molecule is CC(O)C1CCN(CCCN2C(=O)c3ccccc3C2=O)C1. The van der Waals surface area contributed by atoms with E-state index < -0.39 is 0 Å². The van der Waals surface area contributed by atoms with Crippen LogP contribution in [0.1, 0.15) is 40.5 Å². The van der Waals surface area contributed by atoms with Gasteiger partial charge in [0.25, 0.3) is 11.8 Å². The molecule has 5 nitrogen and oxygen atoms in total. The Labute approximate surface area is 130 Å². The summed E-state index contributed by atoms with van der Waals surface area (Å²) >= 11 is 0. The number of carbonyl (C=O) groups is 2. The first-order valence-corrected chi connectivity index (χ1v) is 7.93. The Balaban J connectivity index is 1.51. The molecule has 3 rings (SSSR count). The first kappa shape index (κ1) is 15.2. The van der Waals surface area contributed by atoms with Crippen LogP contribution in [0.15, 0.2) is 24.3 Å². The van der Waals surface area contributed by atoms with Crippen molar-refractivity contribution in [3.05, 3.63) is 35.4 Å². The third kappa shape index (κ3) is 2.78. The van der Waals surface area contributed by atoms with Crippen LogP contribution in [0, 0.1) is 5.92 Å². The molecule has 2 atom stereocenters. The summed E-state index contributed by atoms with van der Waals surface area (Å²) in [6.07, 6.45) is 1.53. The van der Waals surface area contributed by atoms with Crippen LogP contribution in [0.3, 0.4) is 0 Å². The molecular formula is C17H22N2O3. The lowest BCUT2D eigenvalue weighted by molar-refractivity contribution is 0.0648. The van der Waals surface area contributed by atoms with Crippen molar-refractivity contribution in [3.8, 4) is 0 Å². The van der Waals surface area contributed by atoms with Crippen LogP contribution in [-0.2, 0) is 0 Å². The van der Waals surface area contributed by atoms with E-state index in [0.29, 0.717) is 23.6 Å². The molecule has 0 bridgehead atoms. The summed E-state index contributed by atoms with van der Waals surface area (Å²) in [5, 5.41) is 9.61. The number of amides is 2. The molecule has 0 saturated carbocycles. The predicted octanol–water partition coefficient (Wildman–Crippen LogP) is 1.38. The molecule has 1 saturated heterocycles. The van der Waals surface area contributed by atoms with E-state index in [-0.39, 0.29) is 17.9 Å². The van der Waals surface area contributed by atoms with Crippen LogP contribution in [0.5, 0.6) is 0 Å². The van der Waals surface area contributed by atoms with Crippen molar-refractivity contribution in [3.63, 3.8) is 0 Å². The van der Waals surface area contributed by atoms with E-state index in [1.807, 2.05) is 6.92 Å². The van der Waals surface area contributed by atoms with Gasteiger partial charge in [0, 0.05) is 13.1 Å². The number of likely N-dealkylation sites (tertiary alicyclic amines) is 1. The predicted molar refractivity (Wildman–Crippen MR) is 82.7 cm³/mol. The van der Waals surface area contributed by atoms with E-state index >= 15 is 0 Å². The molecule has 1 aromatic carbocycles. The number of rotatable bonds is 5. The molecule has 2 amide bonds. The average molecular weight is 302 g/mol. The van der Waals surface area contributed by atoms with Crippen LogP contribution in [-0.4, -0.2) is 59.0 Å². The van der Waals surface area contributed by atoms with Gasteiger partial charge in [-0.15, -0.1) is 0 Å². The summed E-state index contributed by atoms with van der Waals surface area (Å²) < 4.78 is 0. The second-order valence-corrected chi connectivity index (χ2v) is 6.25. The van der Waals surface area contributed by atoms with Gasteiger partial charge in [0.2, 0.25) is 0 Å². The van der Waals surface area contributed by atoms with E-state index in [9.17, 15) is 14.7 Å². The Morgan fingerprint density at radius 1 is 1.18 bits per heavy atom. The zero-order valence-electron chi connectivity index (χ0n) is 12.9. The van der Waals surface area contributed by atoms with E-state index in [0.717, 1.165) is 32.5 Å². The molecule has 118 valence electrons. The van der Waals surface area contributed by atoms with Gasteiger partial charge in [-0.25, -0.2) is 0 Å². The molecule has 2 unspecified atom stereocenters. The maximum absolute atomic E-state index is 12.2. The Bertz CT molecular complexity index is 550. The van der Waals surface area contributed by atoms with E-state index in [1.165, 1.54) is 4.90 Å². The van der Waals surface area contributed by atoms with Crippen LogP contribution < -0.4 is 0 Å². The van der Waals surface area contributed by atoms with Crippen molar-refractivity contribution in [1.29, 1.82) is 0 Å². The highest BCUT2D eigenvalue weighted by atomic mass is 16.3. The normalized spacial score (nSPS) is 23.2. The van der Waals surface area contributed by atoms with Gasteiger partial charge in [-0.3, -0.25) is 14.5 Å². The molecule has 0 aliphatic carbocycles. The van der Waals surface area contributed by atoms with E-state index in [4.69, 9.17) is 0 Å². The summed E-state index contributed by atoms with van der Waals surface area (Å²) in [5.41, 5.74) is 1.03. The first-order valence-electron chi connectivity index (χ1n) is 7.93. The Morgan fingerprint density at radius 2 is 1.82 bits per heavy atom. The standard InChI is InChI=1S/C17H22N2O3/c1-12(20)13-7-10-18(11-13)8-4-9-19-16(21)14-5-2-3-6-15(14)17(19)22/h2-3,5-6,12-13,20H,4,7-11H2,1H3. The zero-order chi connectivity index (χ0) is 15.7.